The first-order valence-corrected chi connectivity index (χ1v) is 3.24. The van der Waals surface area contributed by atoms with Crippen molar-refractivity contribution in [1.29, 1.82) is 5.26 Å². The van der Waals surface area contributed by atoms with Crippen molar-refractivity contribution in [2.24, 2.45) is 0 Å². The number of hydrogen-bond donors (Lipinski definition) is 2. The molecule has 0 atom stereocenters. The van der Waals surface area contributed by atoms with Crippen molar-refractivity contribution in [3.8, 4) is 11.8 Å². The van der Waals surface area contributed by atoms with Gasteiger partial charge in [0.25, 0.3) is 6.43 Å². The van der Waals surface area contributed by atoms with Crippen LogP contribution in [0.3, 0.4) is 0 Å². The molecule has 4 nitrogen and oxygen atoms in total. The van der Waals surface area contributed by atoms with Crippen molar-refractivity contribution >= 4 is 5.82 Å². The average molecular weight is 185 g/mol. The van der Waals surface area contributed by atoms with E-state index in [1.807, 2.05) is 0 Å². The Hall–Kier alpha value is -1.90. The van der Waals surface area contributed by atoms with Crippen LogP contribution < -0.4 is 5.73 Å². The van der Waals surface area contributed by atoms with Crippen LogP contribution in [0, 0.1) is 11.3 Å². The number of anilines is 1. The predicted molar refractivity (Wildman–Crippen MR) is 40.0 cm³/mol. The summed E-state index contributed by atoms with van der Waals surface area (Å²) in [5, 5.41) is 17.3. The summed E-state index contributed by atoms with van der Waals surface area (Å²) in [6.07, 6.45) is -2.85. The summed E-state index contributed by atoms with van der Waals surface area (Å²) in [6, 6.07) is 2.20. The highest BCUT2D eigenvalue weighted by Crippen LogP contribution is 2.27. The van der Waals surface area contributed by atoms with Gasteiger partial charge in [0.2, 0.25) is 0 Å². The van der Waals surface area contributed by atoms with Gasteiger partial charge in [-0.05, 0) is 6.07 Å². The molecule has 0 aromatic carbocycles. The second-order valence-electron chi connectivity index (χ2n) is 2.24. The van der Waals surface area contributed by atoms with Crippen LogP contribution in [0.25, 0.3) is 0 Å². The molecule has 0 fully saturated rings. The summed E-state index contributed by atoms with van der Waals surface area (Å²) < 4.78 is 24.4. The average Bonchev–Trinajstić information content (AvgIpc) is 2.08. The van der Waals surface area contributed by atoms with Crippen LogP contribution in [0.15, 0.2) is 6.07 Å². The van der Waals surface area contributed by atoms with Gasteiger partial charge in [-0.1, -0.05) is 0 Å². The molecule has 0 spiro atoms. The van der Waals surface area contributed by atoms with E-state index in [0.717, 1.165) is 6.07 Å². The Kier molecular flexibility index (Phi) is 2.28. The van der Waals surface area contributed by atoms with E-state index < -0.39 is 23.4 Å². The zero-order valence-corrected chi connectivity index (χ0v) is 6.33. The molecule has 0 saturated heterocycles. The Labute approximate surface area is 72.2 Å². The van der Waals surface area contributed by atoms with Gasteiger partial charge in [-0.15, -0.1) is 0 Å². The monoisotopic (exact) mass is 185 g/mol. The third kappa shape index (κ3) is 1.64. The van der Waals surface area contributed by atoms with Crippen molar-refractivity contribution in [2.75, 3.05) is 5.73 Å². The largest absolute Gasteiger partial charge is 0.504 e. The van der Waals surface area contributed by atoms with Crippen molar-refractivity contribution < 1.29 is 13.9 Å². The van der Waals surface area contributed by atoms with E-state index in [-0.39, 0.29) is 5.82 Å². The molecule has 68 valence electrons. The molecular formula is C7H5F2N3O. The van der Waals surface area contributed by atoms with Gasteiger partial charge in [0.1, 0.15) is 6.07 Å². The zero-order chi connectivity index (χ0) is 10.0. The fourth-order valence-electron chi connectivity index (χ4n) is 0.788. The van der Waals surface area contributed by atoms with Crippen LogP contribution >= 0.6 is 0 Å². The molecule has 13 heavy (non-hydrogen) atoms. The third-order valence-corrected chi connectivity index (χ3v) is 1.40. The number of halogens is 2. The van der Waals surface area contributed by atoms with Crippen LogP contribution in [-0.4, -0.2) is 10.1 Å². The number of nitrogens with zero attached hydrogens (tertiary/aromatic N) is 2. The standard InChI is InChI=1S/C7H5F2N3O/c8-6(9)3-1-5(13)7(11)12-4(3)2-10/h1,6,13H,(H2,11,12). The summed E-state index contributed by atoms with van der Waals surface area (Å²) in [7, 11) is 0. The van der Waals surface area contributed by atoms with E-state index in [1.165, 1.54) is 6.07 Å². The van der Waals surface area contributed by atoms with Crippen LogP contribution in [0.1, 0.15) is 17.7 Å². The van der Waals surface area contributed by atoms with Crippen LogP contribution in [-0.2, 0) is 0 Å². The molecule has 0 unspecified atom stereocenters. The number of nitrogens with two attached hydrogens (primary N) is 1. The molecule has 1 heterocycles. The molecule has 0 aliphatic rings. The first-order chi connectivity index (χ1) is 6.06. The summed E-state index contributed by atoms with van der Waals surface area (Å²) in [5.41, 5.74) is 4.02. The lowest BCUT2D eigenvalue weighted by Crippen LogP contribution is -1.99. The maximum absolute atomic E-state index is 12.2. The number of pyridine rings is 1. The molecule has 1 aromatic rings. The fourth-order valence-corrected chi connectivity index (χ4v) is 0.788. The molecule has 6 heteroatoms. The SMILES string of the molecule is N#Cc1nc(N)c(O)cc1C(F)F. The lowest BCUT2D eigenvalue weighted by atomic mass is 10.2. The summed E-state index contributed by atoms with van der Waals surface area (Å²) in [5.74, 6) is -0.879. The number of nitrogen functional groups attached to an aromatic ring is 1. The normalized spacial score (nSPS) is 10.0. The zero-order valence-electron chi connectivity index (χ0n) is 6.33. The van der Waals surface area contributed by atoms with Gasteiger partial charge < -0.3 is 10.8 Å². The number of aromatic hydroxyl groups is 1. The lowest BCUT2D eigenvalue weighted by molar-refractivity contribution is 0.150. The molecular weight excluding hydrogens is 180 g/mol. The molecule has 0 radical (unpaired) electrons. The number of nitriles is 1. The number of rotatable bonds is 1. The Balaban J connectivity index is 3.35. The van der Waals surface area contributed by atoms with Gasteiger partial charge in [-0.3, -0.25) is 0 Å². The Morgan fingerprint density at radius 2 is 2.23 bits per heavy atom. The Morgan fingerprint density at radius 1 is 1.62 bits per heavy atom. The quantitative estimate of drug-likeness (QED) is 0.688. The van der Waals surface area contributed by atoms with Crippen molar-refractivity contribution in [3.63, 3.8) is 0 Å². The highest BCUT2D eigenvalue weighted by atomic mass is 19.3. The highest BCUT2D eigenvalue weighted by Gasteiger charge is 2.16. The van der Waals surface area contributed by atoms with E-state index in [1.54, 1.807) is 0 Å². The molecule has 0 aliphatic carbocycles. The minimum atomic E-state index is -2.85. The van der Waals surface area contributed by atoms with Crippen molar-refractivity contribution in [3.05, 3.63) is 17.3 Å². The first kappa shape index (κ1) is 9.19. The minimum Gasteiger partial charge on any atom is -0.504 e. The third-order valence-electron chi connectivity index (χ3n) is 1.40. The second-order valence-corrected chi connectivity index (χ2v) is 2.24. The van der Waals surface area contributed by atoms with Crippen LogP contribution in [0.5, 0.6) is 5.75 Å². The maximum atomic E-state index is 12.2. The predicted octanol–water partition coefficient (Wildman–Crippen LogP) is 1.18. The van der Waals surface area contributed by atoms with Gasteiger partial charge in [0.05, 0.1) is 5.56 Å². The second kappa shape index (κ2) is 3.23. The minimum absolute atomic E-state index is 0.332. The van der Waals surface area contributed by atoms with Gasteiger partial charge in [-0.2, -0.15) is 5.26 Å². The smallest absolute Gasteiger partial charge is 0.266 e. The van der Waals surface area contributed by atoms with Crippen molar-refractivity contribution in [1.82, 2.24) is 4.98 Å². The number of alkyl halides is 2. The van der Waals surface area contributed by atoms with E-state index >= 15 is 0 Å². The van der Waals surface area contributed by atoms with E-state index in [9.17, 15) is 8.78 Å². The summed E-state index contributed by atoms with van der Waals surface area (Å²) >= 11 is 0. The number of aromatic nitrogens is 1. The van der Waals surface area contributed by atoms with Gasteiger partial charge in [-0.25, -0.2) is 13.8 Å². The fraction of sp³-hybridized carbons (Fsp3) is 0.143. The maximum Gasteiger partial charge on any atom is 0.266 e. The Bertz CT molecular complexity index is 373. The van der Waals surface area contributed by atoms with Gasteiger partial charge >= 0.3 is 0 Å². The summed E-state index contributed by atoms with van der Waals surface area (Å²) in [4.78, 5) is 3.30. The first-order valence-electron chi connectivity index (χ1n) is 3.24. The molecule has 1 aromatic heterocycles. The van der Waals surface area contributed by atoms with E-state index in [4.69, 9.17) is 16.1 Å². The molecule has 0 amide bonds. The Morgan fingerprint density at radius 3 is 2.69 bits per heavy atom. The van der Waals surface area contributed by atoms with Crippen LogP contribution in [0.2, 0.25) is 0 Å². The molecule has 1 rings (SSSR count). The highest BCUT2D eigenvalue weighted by molar-refractivity contribution is 5.51. The molecule has 0 bridgehead atoms. The number of hydrogen-bond acceptors (Lipinski definition) is 4. The molecule has 0 saturated carbocycles. The van der Waals surface area contributed by atoms with Crippen LogP contribution in [0.4, 0.5) is 14.6 Å². The molecule has 0 aliphatic heterocycles. The summed E-state index contributed by atoms with van der Waals surface area (Å²) in [6.45, 7) is 0. The lowest BCUT2D eigenvalue weighted by Gasteiger charge is -2.04. The van der Waals surface area contributed by atoms with Gasteiger partial charge in [0, 0.05) is 0 Å². The molecule has 3 N–H and O–H groups in total. The van der Waals surface area contributed by atoms with Gasteiger partial charge in [0.15, 0.2) is 17.3 Å². The topological polar surface area (TPSA) is 82.9 Å². The van der Waals surface area contributed by atoms with Crippen molar-refractivity contribution in [2.45, 2.75) is 6.43 Å². The van der Waals surface area contributed by atoms with E-state index in [0.29, 0.717) is 0 Å². The van der Waals surface area contributed by atoms with E-state index in [2.05, 4.69) is 4.98 Å².